The average Bonchev–Trinajstić information content (AvgIpc) is 2.70. The summed E-state index contributed by atoms with van der Waals surface area (Å²) in [6.45, 7) is 2.43. The summed E-state index contributed by atoms with van der Waals surface area (Å²) in [5, 5.41) is 16.2. The first-order valence-corrected chi connectivity index (χ1v) is 4.09. The third kappa shape index (κ3) is 2.00. The molecule has 2 N–H and O–H groups in total. The second-order valence-electron chi connectivity index (χ2n) is 2.74. The number of hydrogen-bond donors (Lipinski definition) is 2. The Kier molecular flexibility index (Phi) is 2.30. The van der Waals surface area contributed by atoms with Crippen LogP contribution < -0.4 is 5.32 Å². The van der Waals surface area contributed by atoms with Crippen LogP contribution in [0.2, 0.25) is 0 Å². The van der Waals surface area contributed by atoms with Gasteiger partial charge < -0.3 is 5.32 Å². The second kappa shape index (κ2) is 3.77. The Labute approximate surface area is 80.0 Å². The molecule has 0 radical (unpaired) electrons. The molecule has 2 heterocycles. The fourth-order valence-electron chi connectivity index (χ4n) is 0.917. The van der Waals surface area contributed by atoms with Gasteiger partial charge in [-0.25, -0.2) is 0 Å². The van der Waals surface area contributed by atoms with Crippen molar-refractivity contribution in [1.29, 1.82) is 0 Å². The standard InChI is InChI=1S/C7H9N7/c1-5-2-9-6(3-8-5)4-10-7-11-13-14-12-7/h2-3H,4H2,1H3,(H2,10,11,12,13,14). The fraction of sp³-hybridized carbons (Fsp3) is 0.286. The fourth-order valence-corrected chi connectivity index (χ4v) is 0.917. The molecule has 0 bridgehead atoms. The Morgan fingerprint density at radius 3 is 2.93 bits per heavy atom. The van der Waals surface area contributed by atoms with E-state index in [1.807, 2.05) is 6.92 Å². The molecule has 0 aromatic carbocycles. The molecule has 2 aromatic heterocycles. The average molecular weight is 191 g/mol. The molecular weight excluding hydrogens is 182 g/mol. The number of H-pyrrole nitrogens is 1. The number of nitrogens with zero attached hydrogens (tertiary/aromatic N) is 5. The Hall–Kier alpha value is -2.05. The van der Waals surface area contributed by atoms with Gasteiger partial charge in [0, 0.05) is 6.20 Å². The van der Waals surface area contributed by atoms with Crippen LogP contribution in [0, 0.1) is 6.92 Å². The van der Waals surface area contributed by atoms with E-state index in [0.717, 1.165) is 11.4 Å². The van der Waals surface area contributed by atoms with Crippen LogP contribution in [0.5, 0.6) is 0 Å². The van der Waals surface area contributed by atoms with Crippen LogP contribution in [0.15, 0.2) is 12.4 Å². The van der Waals surface area contributed by atoms with E-state index in [4.69, 9.17) is 0 Å². The molecule has 14 heavy (non-hydrogen) atoms. The van der Waals surface area contributed by atoms with Crippen molar-refractivity contribution in [3.05, 3.63) is 23.8 Å². The lowest BCUT2D eigenvalue weighted by Crippen LogP contribution is -2.03. The van der Waals surface area contributed by atoms with Crippen molar-refractivity contribution < 1.29 is 0 Å². The molecule has 0 fully saturated rings. The van der Waals surface area contributed by atoms with Gasteiger partial charge in [0.25, 0.3) is 5.95 Å². The third-order valence-corrected chi connectivity index (χ3v) is 1.61. The zero-order chi connectivity index (χ0) is 9.80. The Bertz CT molecular complexity index is 379. The monoisotopic (exact) mass is 191 g/mol. The molecule has 0 unspecified atom stereocenters. The largest absolute Gasteiger partial charge is 0.346 e. The van der Waals surface area contributed by atoms with Crippen molar-refractivity contribution >= 4 is 5.95 Å². The number of aryl methyl sites for hydroxylation is 1. The first kappa shape index (κ1) is 8.54. The molecule has 7 heteroatoms. The van der Waals surface area contributed by atoms with Crippen molar-refractivity contribution in [2.75, 3.05) is 5.32 Å². The summed E-state index contributed by atoms with van der Waals surface area (Å²) in [6.07, 6.45) is 3.43. The maximum Gasteiger partial charge on any atom is 0.263 e. The molecule has 0 spiro atoms. The van der Waals surface area contributed by atoms with Crippen LogP contribution in [-0.2, 0) is 6.54 Å². The van der Waals surface area contributed by atoms with E-state index in [2.05, 4.69) is 35.9 Å². The third-order valence-electron chi connectivity index (χ3n) is 1.61. The van der Waals surface area contributed by atoms with Crippen molar-refractivity contribution in [3.63, 3.8) is 0 Å². The van der Waals surface area contributed by atoms with Crippen molar-refractivity contribution in [2.24, 2.45) is 0 Å². The van der Waals surface area contributed by atoms with Crippen LogP contribution in [0.3, 0.4) is 0 Å². The van der Waals surface area contributed by atoms with E-state index >= 15 is 0 Å². The summed E-state index contributed by atoms with van der Waals surface area (Å²) in [4.78, 5) is 8.28. The quantitative estimate of drug-likeness (QED) is 0.704. The molecular formula is C7H9N7. The van der Waals surface area contributed by atoms with Gasteiger partial charge in [-0.05, 0) is 12.1 Å². The summed E-state index contributed by atoms with van der Waals surface area (Å²) in [5.41, 5.74) is 1.73. The number of aromatic amines is 1. The van der Waals surface area contributed by atoms with E-state index in [1.54, 1.807) is 12.4 Å². The van der Waals surface area contributed by atoms with E-state index in [-0.39, 0.29) is 0 Å². The van der Waals surface area contributed by atoms with Gasteiger partial charge in [-0.15, -0.1) is 5.10 Å². The summed E-state index contributed by atoms with van der Waals surface area (Å²) >= 11 is 0. The zero-order valence-corrected chi connectivity index (χ0v) is 7.60. The van der Waals surface area contributed by atoms with Crippen molar-refractivity contribution in [2.45, 2.75) is 13.5 Å². The Morgan fingerprint density at radius 1 is 1.36 bits per heavy atom. The van der Waals surface area contributed by atoms with Crippen molar-refractivity contribution in [3.8, 4) is 0 Å². The highest BCUT2D eigenvalue weighted by Gasteiger charge is 1.98. The maximum absolute atomic E-state index is 4.17. The molecule has 0 saturated carbocycles. The summed E-state index contributed by atoms with van der Waals surface area (Å²) in [7, 11) is 0. The zero-order valence-electron chi connectivity index (χ0n) is 7.60. The molecule has 0 aliphatic carbocycles. The SMILES string of the molecule is Cc1cnc(CNc2nn[nH]n2)cn1. The predicted molar refractivity (Wildman–Crippen MR) is 48.3 cm³/mol. The molecule has 0 aliphatic rings. The van der Waals surface area contributed by atoms with Crippen LogP contribution in [0.1, 0.15) is 11.4 Å². The summed E-state index contributed by atoms with van der Waals surface area (Å²) in [6, 6.07) is 0. The Morgan fingerprint density at radius 2 is 2.29 bits per heavy atom. The lowest BCUT2D eigenvalue weighted by molar-refractivity contribution is 0.881. The number of hydrogen-bond acceptors (Lipinski definition) is 6. The smallest absolute Gasteiger partial charge is 0.263 e. The minimum absolute atomic E-state index is 0.451. The van der Waals surface area contributed by atoms with Gasteiger partial charge in [-0.1, -0.05) is 5.10 Å². The van der Waals surface area contributed by atoms with Crippen LogP contribution in [0.4, 0.5) is 5.95 Å². The van der Waals surface area contributed by atoms with Gasteiger partial charge in [0.05, 0.1) is 24.1 Å². The normalized spacial score (nSPS) is 10.1. The van der Waals surface area contributed by atoms with E-state index in [0.29, 0.717) is 12.5 Å². The minimum atomic E-state index is 0.451. The summed E-state index contributed by atoms with van der Waals surface area (Å²) < 4.78 is 0. The van der Waals surface area contributed by atoms with Gasteiger partial charge in [0.15, 0.2) is 0 Å². The number of tetrazole rings is 1. The maximum atomic E-state index is 4.17. The molecule has 0 aliphatic heterocycles. The predicted octanol–water partition coefficient (Wildman–Crippen LogP) is -0.0898. The highest BCUT2D eigenvalue weighted by molar-refractivity contribution is 5.20. The van der Waals surface area contributed by atoms with Gasteiger partial charge in [-0.3, -0.25) is 9.97 Å². The molecule has 72 valence electrons. The molecule has 2 rings (SSSR count). The number of aromatic nitrogens is 6. The molecule has 0 saturated heterocycles. The Balaban J connectivity index is 1.95. The highest BCUT2D eigenvalue weighted by Crippen LogP contribution is 1.97. The molecule has 0 amide bonds. The van der Waals surface area contributed by atoms with E-state index in [1.165, 1.54) is 0 Å². The summed E-state index contributed by atoms with van der Waals surface area (Å²) in [5.74, 6) is 0.451. The molecule has 7 nitrogen and oxygen atoms in total. The first-order chi connectivity index (χ1) is 6.84. The highest BCUT2D eigenvalue weighted by atomic mass is 15.5. The van der Waals surface area contributed by atoms with Gasteiger partial charge in [0.1, 0.15) is 0 Å². The van der Waals surface area contributed by atoms with Crippen LogP contribution in [0.25, 0.3) is 0 Å². The van der Waals surface area contributed by atoms with Gasteiger partial charge in [0.2, 0.25) is 0 Å². The first-order valence-electron chi connectivity index (χ1n) is 4.09. The minimum Gasteiger partial charge on any atom is -0.346 e. The van der Waals surface area contributed by atoms with Crippen molar-refractivity contribution in [1.82, 2.24) is 30.6 Å². The molecule has 0 atom stereocenters. The number of anilines is 1. The number of rotatable bonds is 3. The lowest BCUT2D eigenvalue weighted by Gasteiger charge is -1.99. The van der Waals surface area contributed by atoms with Crippen LogP contribution >= 0.6 is 0 Å². The second-order valence-corrected chi connectivity index (χ2v) is 2.74. The van der Waals surface area contributed by atoms with E-state index in [9.17, 15) is 0 Å². The molecule has 2 aromatic rings. The van der Waals surface area contributed by atoms with E-state index < -0.39 is 0 Å². The van der Waals surface area contributed by atoms with Gasteiger partial charge >= 0.3 is 0 Å². The number of nitrogens with one attached hydrogen (secondary N) is 2. The van der Waals surface area contributed by atoms with Gasteiger partial charge in [-0.2, -0.15) is 5.21 Å². The lowest BCUT2D eigenvalue weighted by atomic mass is 10.4. The van der Waals surface area contributed by atoms with Crippen LogP contribution in [-0.4, -0.2) is 30.6 Å². The topological polar surface area (TPSA) is 92.3 Å².